The zero-order valence-electron chi connectivity index (χ0n) is 14.2. The smallest absolute Gasteiger partial charge is 0.0469 e. The molecule has 2 atom stereocenters. The van der Waals surface area contributed by atoms with Gasteiger partial charge in [0.05, 0.1) is 0 Å². The van der Waals surface area contributed by atoms with Crippen LogP contribution < -0.4 is 5.32 Å². The molecule has 0 aromatic carbocycles. The molecule has 2 aliphatic heterocycles. The van der Waals surface area contributed by atoms with Crippen molar-refractivity contribution in [2.75, 3.05) is 32.8 Å². The fourth-order valence-corrected chi connectivity index (χ4v) is 4.36. The topological polar surface area (TPSA) is 24.5 Å². The van der Waals surface area contributed by atoms with Crippen LogP contribution in [0.3, 0.4) is 0 Å². The molecule has 3 fully saturated rings. The summed E-state index contributed by atoms with van der Waals surface area (Å²) in [6.07, 6.45) is 6.72. The average molecular weight is 294 g/mol. The standard InChI is InChI=1S/C18H34N2O/c1-14(2)10-17-12-20(11-15-6-8-21-9-7-15)18(3,13-19-17)16-4-5-16/h14-17,19H,4-13H2,1-3H3. The van der Waals surface area contributed by atoms with Crippen molar-refractivity contribution in [3.63, 3.8) is 0 Å². The molecular formula is C18H34N2O. The minimum absolute atomic E-state index is 0.409. The Hall–Kier alpha value is -0.120. The molecule has 122 valence electrons. The molecule has 3 aliphatic rings. The lowest BCUT2D eigenvalue weighted by Gasteiger charge is -2.50. The fraction of sp³-hybridized carbons (Fsp3) is 1.00. The van der Waals surface area contributed by atoms with Crippen molar-refractivity contribution in [3.8, 4) is 0 Å². The molecule has 0 radical (unpaired) electrons. The highest BCUT2D eigenvalue weighted by Crippen LogP contribution is 2.44. The molecule has 0 aromatic rings. The molecule has 1 N–H and O–H groups in total. The van der Waals surface area contributed by atoms with Crippen molar-refractivity contribution < 1.29 is 4.74 Å². The number of ether oxygens (including phenoxy) is 1. The van der Waals surface area contributed by atoms with Crippen LogP contribution in [-0.4, -0.2) is 49.3 Å². The number of nitrogens with one attached hydrogen (secondary N) is 1. The maximum atomic E-state index is 5.54. The molecule has 3 heteroatoms. The lowest BCUT2D eigenvalue weighted by molar-refractivity contribution is -0.00657. The molecule has 0 spiro atoms. The molecule has 0 bridgehead atoms. The van der Waals surface area contributed by atoms with Crippen molar-refractivity contribution >= 4 is 0 Å². The first-order valence-electron chi connectivity index (χ1n) is 9.14. The van der Waals surface area contributed by atoms with Crippen molar-refractivity contribution in [2.45, 2.75) is 64.5 Å². The van der Waals surface area contributed by atoms with Gasteiger partial charge in [0.1, 0.15) is 0 Å². The van der Waals surface area contributed by atoms with Gasteiger partial charge in [-0.1, -0.05) is 13.8 Å². The normalized spacial score (nSPS) is 36.3. The Bertz CT molecular complexity index is 336. The van der Waals surface area contributed by atoms with Gasteiger partial charge in [0.2, 0.25) is 0 Å². The fourth-order valence-electron chi connectivity index (χ4n) is 4.36. The van der Waals surface area contributed by atoms with E-state index in [0.29, 0.717) is 11.6 Å². The zero-order chi connectivity index (χ0) is 14.9. The summed E-state index contributed by atoms with van der Waals surface area (Å²) in [5.74, 6) is 2.58. The van der Waals surface area contributed by atoms with Gasteiger partial charge in [-0.25, -0.2) is 0 Å². The number of hydrogen-bond acceptors (Lipinski definition) is 3. The van der Waals surface area contributed by atoms with E-state index in [4.69, 9.17) is 4.74 Å². The van der Waals surface area contributed by atoms with Crippen LogP contribution in [0.1, 0.15) is 52.9 Å². The third-order valence-corrected chi connectivity index (χ3v) is 5.94. The number of hydrogen-bond donors (Lipinski definition) is 1. The highest BCUT2D eigenvalue weighted by molar-refractivity contribution is 5.05. The second kappa shape index (κ2) is 6.55. The van der Waals surface area contributed by atoms with Crippen LogP contribution in [0.4, 0.5) is 0 Å². The SMILES string of the molecule is CC(C)CC1CN(CC2CCOCC2)C(C)(C2CC2)CN1. The Morgan fingerprint density at radius 1 is 1.19 bits per heavy atom. The van der Waals surface area contributed by atoms with Crippen LogP contribution in [-0.2, 0) is 4.74 Å². The van der Waals surface area contributed by atoms with Crippen LogP contribution in [0, 0.1) is 17.8 Å². The third kappa shape index (κ3) is 3.80. The first kappa shape index (κ1) is 15.8. The first-order valence-corrected chi connectivity index (χ1v) is 9.14. The first-order chi connectivity index (χ1) is 10.1. The van der Waals surface area contributed by atoms with Gasteiger partial charge in [0.25, 0.3) is 0 Å². The second-order valence-corrected chi connectivity index (χ2v) is 8.30. The van der Waals surface area contributed by atoms with Crippen molar-refractivity contribution in [1.82, 2.24) is 10.2 Å². The minimum atomic E-state index is 0.409. The largest absolute Gasteiger partial charge is 0.381 e. The quantitative estimate of drug-likeness (QED) is 0.844. The molecule has 2 heterocycles. The zero-order valence-corrected chi connectivity index (χ0v) is 14.2. The molecule has 1 aliphatic carbocycles. The Labute approximate surface area is 130 Å². The lowest BCUT2D eigenvalue weighted by Crippen LogP contribution is -2.65. The summed E-state index contributed by atoms with van der Waals surface area (Å²) >= 11 is 0. The van der Waals surface area contributed by atoms with E-state index in [1.807, 2.05) is 0 Å². The van der Waals surface area contributed by atoms with E-state index in [0.717, 1.165) is 31.0 Å². The Kier molecular flexibility index (Phi) is 4.92. The van der Waals surface area contributed by atoms with E-state index in [9.17, 15) is 0 Å². The molecule has 0 amide bonds. The molecule has 0 aromatic heterocycles. The summed E-state index contributed by atoms with van der Waals surface area (Å²) in [5, 5.41) is 3.86. The predicted octanol–water partition coefficient (Wildman–Crippen LogP) is 2.90. The summed E-state index contributed by atoms with van der Waals surface area (Å²) in [6, 6.07) is 0.691. The van der Waals surface area contributed by atoms with E-state index in [1.54, 1.807) is 0 Å². The third-order valence-electron chi connectivity index (χ3n) is 5.94. The van der Waals surface area contributed by atoms with Crippen LogP contribution >= 0.6 is 0 Å². The molecular weight excluding hydrogens is 260 g/mol. The van der Waals surface area contributed by atoms with Gasteiger partial charge in [-0.3, -0.25) is 4.90 Å². The lowest BCUT2D eigenvalue weighted by atomic mass is 9.86. The maximum absolute atomic E-state index is 5.54. The summed E-state index contributed by atoms with van der Waals surface area (Å²) < 4.78 is 5.54. The number of rotatable bonds is 5. The van der Waals surface area contributed by atoms with E-state index in [2.05, 4.69) is 31.0 Å². The van der Waals surface area contributed by atoms with Gasteiger partial charge in [0.15, 0.2) is 0 Å². The van der Waals surface area contributed by atoms with E-state index >= 15 is 0 Å². The molecule has 3 rings (SSSR count). The highest BCUT2D eigenvalue weighted by atomic mass is 16.5. The average Bonchev–Trinajstić information content (AvgIpc) is 3.28. The molecule has 3 nitrogen and oxygen atoms in total. The number of piperazine rings is 1. The Morgan fingerprint density at radius 3 is 2.52 bits per heavy atom. The monoisotopic (exact) mass is 294 g/mol. The molecule has 2 saturated heterocycles. The van der Waals surface area contributed by atoms with Gasteiger partial charge in [-0.15, -0.1) is 0 Å². The van der Waals surface area contributed by atoms with Gasteiger partial charge < -0.3 is 10.1 Å². The van der Waals surface area contributed by atoms with Gasteiger partial charge in [0, 0.05) is 44.4 Å². The van der Waals surface area contributed by atoms with Crippen molar-refractivity contribution in [3.05, 3.63) is 0 Å². The predicted molar refractivity (Wildman–Crippen MR) is 87.5 cm³/mol. The van der Waals surface area contributed by atoms with Gasteiger partial charge >= 0.3 is 0 Å². The van der Waals surface area contributed by atoms with Crippen LogP contribution in [0.15, 0.2) is 0 Å². The maximum Gasteiger partial charge on any atom is 0.0469 e. The van der Waals surface area contributed by atoms with Crippen LogP contribution in [0.2, 0.25) is 0 Å². The molecule has 2 unspecified atom stereocenters. The summed E-state index contributed by atoms with van der Waals surface area (Å²) in [6.45, 7) is 12.9. The van der Waals surface area contributed by atoms with E-state index in [-0.39, 0.29) is 0 Å². The molecule has 21 heavy (non-hydrogen) atoms. The summed E-state index contributed by atoms with van der Waals surface area (Å²) in [5.41, 5.74) is 0.409. The van der Waals surface area contributed by atoms with E-state index in [1.165, 1.54) is 51.7 Å². The van der Waals surface area contributed by atoms with E-state index < -0.39 is 0 Å². The van der Waals surface area contributed by atoms with Crippen LogP contribution in [0.5, 0.6) is 0 Å². The Balaban J connectivity index is 1.64. The molecule has 1 saturated carbocycles. The highest BCUT2D eigenvalue weighted by Gasteiger charge is 2.48. The van der Waals surface area contributed by atoms with Gasteiger partial charge in [-0.05, 0) is 56.8 Å². The second-order valence-electron chi connectivity index (χ2n) is 8.30. The van der Waals surface area contributed by atoms with Crippen molar-refractivity contribution in [1.29, 1.82) is 0 Å². The van der Waals surface area contributed by atoms with Crippen LogP contribution in [0.25, 0.3) is 0 Å². The van der Waals surface area contributed by atoms with Crippen molar-refractivity contribution in [2.24, 2.45) is 17.8 Å². The summed E-state index contributed by atoms with van der Waals surface area (Å²) in [4.78, 5) is 2.87. The Morgan fingerprint density at radius 2 is 1.90 bits per heavy atom. The number of nitrogens with zero attached hydrogens (tertiary/aromatic N) is 1. The minimum Gasteiger partial charge on any atom is -0.381 e. The van der Waals surface area contributed by atoms with Gasteiger partial charge in [-0.2, -0.15) is 0 Å². The summed E-state index contributed by atoms with van der Waals surface area (Å²) in [7, 11) is 0.